The zero-order chi connectivity index (χ0) is 22.1. The van der Waals surface area contributed by atoms with Gasteiger partial charge in [0.1, 0.15) is 11.5 Å². The number of benzene rings is 1. The van der Waals surface area contributed by atoms with Gasteiger partial charge in [0, 0.05) is 35.4 Å². The molecule has 31 heavy (non-hydrogen) atoms. The van der Waals surface area contributed by atoms with Crippen molar-refractivity contribution in [2.24, 2.45) is 0 Å². The maximum absolute atomic E-state index is 12.7. The van der Waals surface area contributed by atoms with Crippen LogP contribution in [0.25, 0.3) is 17.1 Å². The number of aryl methyl sites for hydroxylation is 2. The van der Waals surface area contributed by atoms with Gasteiger partial charge in [0.2, 0.25) is 11.9 Å². The molecule has 3 aromatic heterocycles. The summed E-state index contributed by atoms with van der Waals surface area (Å²) in [7, 11) is 1.77. The molecule has 9 heteroatoms. The number of hydrogen-bond acceptors (Lipinski definition) is 6. The molecule has 0 fully saturated rings. The molecular formula is C22H23ClN6O2. The van der Waals surface area contributed by atoms with Crippen LogP contribution >= 0.6 is 11.6 Å². The van der Waals surface area contributed by atoms with Gasteiger partial charge in [0.25, 0.3) is 5.78 Å². The number of aromatic nitrogens is 4. The van der Waals surface area contributed by atoms with E-state index in [9.17, 15) is 4.79 Å². The predicted octanol–water partition coefficient (Wildman–Crippen LogP) is 3.83. The molecule has 0 aliphatic heterocycles. The Balaban J connectivity index is 1.40. The number of halogens is 1. The summed E-state index contributed by atoms with van der Waals surface area (Å²) in [6.07, 6.45) is 0.901. The van der Waals surface area contributed by atoms with Crippen LogP contribution in [-0.2, 0) is 17.8 Å². The summed E-state index contributed by atoms with van der Waals surface area (Å²) in [5.74, 6) is 2.12. The largest absolute Gasteiger partial charge is 0.459 e. The first-order chi connectivity index (χ1) is 14.8. The lowest BCUT2D eigenvalue weighted by molar-refractivity contribution is -0.130. The second-order valence-electron chi connectivity index (χ2n) is 7.47. The van der Waals surface area contributed by atoms with Gasteiger partial charge >= 0.3 is 0 Å². The first kappa shape index (κ1) is 20.9. The van der Waals surface area contributed by atoms with Crippen molar-refractivity contribution in [3.05, 3.63) is 64.1 Å². The summed E-state index contributed by atoms with van der Waals surface area (Å²) in [6.45, 7) is 4.23. The number of anilines is 1. The lowest BCUT2D eigenvalue weighted by Gasteiger charge is -2.16. The summed E-state index contributed by atoms with van der Waals surface area (Å²) >= 11 is 5.94. The molecule has 1 amide bonds. The zero-order valence-electron chi connectivity index (χ0n) is 17.6. The van der Waals surface area contributed by atoms with Crippen LogP contribution in [0.3, 0.4) is 0 Å². The minimum atomic E-state index is 0.0152. The third-order valence-corrected chi connectivity index (χ3v) is 5.52. The number of carbonyl (C=O) groups is 1. The number of rotatable bonds is 6. The quantitative estimate of drug-likeness (QED) is 0.490. The normalized spacial score (nSPS) is 11.2. The van der Waals surface area contributed by atoms with E-state index >= 15 is 0 Å². The number of amides is 1. The molecule has 4 rings (SSSR count). The van der Waals surface area contributed by atoms with Gasteiger partial charge in [-0.1, -0.05) is 11.6 Å². The Hall–Kier alpha value is -3.39. The van der Waals surface area contributed by atoms with Gasteiger partial charge in [0.15, 0.2) is 0 Å². The number of hydrogen-bond donors (Lipinski definition) is 1. The Kier molecular flexibility index (Phi) is 5.65. The van der Waals surface area contributed by atoms with Crippen molar-refractivity contribution < 1.29 is 9.21 Å². The van der Waals surface area contributed by atoms with Crippen LogP contribution in [0, 0.1) is 13.8 Å². The van der Waals surface area contributed by atoms with E-state index in [0.717, 1.165) is 28.3 Å². The number of nitrogen functional groups attached to an aromatic ring is 1. The number of nitrogens with zero attached hydrogens (tertiary/aromatic N) is 5. The third kappa shape index (κ3) is 4.39. The van der Waals surface area contributed by atoms with Crippen LogP contribution in [0.15, 0.2) is 40.8 Å². The van der Waals surface area contributed by atoms with Crippen LogP contribution in [0.4, 0.5) is 5.95 Å². The highest BCUT2D eigenvalue weighted by Gasteiger charge is 2.16. The Morgan fingerprint density at radius 2 is 1.90 bits per heavy atom. The smallest absolute Gasteiger partial charge is 0.254 e. The Labute approximate surface area is 184 Å². The Morgan fingerprint density at radius 3 is 2.65 bits per heavy atom. The topological polar surface area (TPSA) is 103 Å². The van der Waals surface area contributed by atoms with Crippen molar-refractivity contribution in [2.45, 2.75) is 33.2 Å². The predicted molar refractivity (Wildman–Crippen MR) is 119 cm³/mol. The maximum atomic E-state index is 12.7. The summed E-state index contributed by atoms with van der Waals surface area (Å²) in [5.41, 5.74) is 9.31. The number of furan rings is 1. The standard InChI is InChI=1S/C22H23ClN6O2/c1-13-18(14(2)29-22(25-13)26-21(24)27-29)9-11-20(30)28(3)12-17-8-10-19(31-17)15-4-6-16(23)7-5-15/h4-8,10H,9,11-12H2,1-3H3,(H2,24,27). The van der Waals surface area contributed by atoms with Gasteiger partial charge in [-0.05, 0) is 62.2 Å². The van der Waals surface area contributed by atoms with E-state index < -0.39 is 0 Å². The van der Waals surface area contributed by atoms with Crippen molar-refractivity contribution in [3.63, 3.8) is 0 Å². The summed E-state index contributed by atoms with van der Waals surface area (Å²) in [6, 6.07) is 11.2. The minimum Gasteiger partial charge on any atom is -0.459 e. The summed E-state index contributed by atoms with van der Waals surface area (Å²) in [5, 5.41) is 4.84. The first-order valence-electron chi connectivity index (χ1n) is 9.89. The lowest BCUT2D eigenvalue weighted by atomic mass is 10.1. The van der Waals surface area contributed by atoms with E-state index in [1.54, 1.807) is 16.5 Å². The molecule has 0 saturated carbocycles. The van der Waals surface area contributed by atoms with Crippen molar-refractivity contribution in [1.82, 2.24) is 24.5 Å². The van der Waals surface area contributed by atoms with Crippen LogP contribution in [-0.4, -0.2) is 37.4 Å². The van der Waals surface area contributed by atoms with Crippen LogP contribution < -0.4 is 5.73 Å². The van der Waals surface area contributed by atoms with E-state index in [4.69, 9.17) is 21.8 Å². The highest BCUT2D eigenvalue weighted by Crippen LogP contribution is 2.24. The van der Waals surface area contributed by atoms with E-state index in [2.05, 4.69) is 15.1 Å². The molecule has 0 spiro atoms. The molecule has 0 bridgehead atoms. The number of fused-ring (bicyclic) bond motifs is 1. The average molecular weight is 439 g/mol. The van der Waals surface area contributed by atoms with Gasteiger partial charge in [-0.2, -0.15) is 9.50 Å². The molecule has 160 valence electrons. The SMILES string of the molecule is Cc1nc2nc(N)nn2c(C)c1CCC(=O)N(C)Cc1ccc(-c2ccc(Cl)cc2)o1. The summed E-state index contributed by atoms with van der Waals surface area (Å²) < 4.78 is 7.52. The molecule has 0 unspecified atom stereocenters. The lowest BCUT2D eigenvalue weighted by Crippen LogP contribution is -2.26. The maximum Gasteiger partial charge on any atom is 0.254 e. The molecular weight excluding hydrogens is 416 g/mol. The Bertz CT molecular complexity index is 1250. The highest BCUT2D eigenvalue weighted by atomic mass is 35.5. The van der Waals surface area contributed by atoms with Crippen molar-refractivity contribution in [1.29, 1.82) is 0 Å². The monoisotopic (exact) mass is 438 g/mol. The number of carbonyl (C=O) groups excluding carboxylic acids is 1. The summed E-state index contributed by atoms with van der Waals surface area (Å²) in [4.78, 5) is 22.9. The molecule has 3 heterocycles. The van der Waals surface area contributed by atoms with Crippen molar-refractivity contribution >= 4 is 29.2 Å². The van der Waals surface area contributed by atoms with Crippen LogP contribution in [0.2, 0.25) is 5.02 Å². The van der Waals surface area contributed by atoms with Crippen LogP contribution in [0.1, 0.15) is 29.1 Å². The zero-order valence-corrected chi connectivity index (χ0v) is 18.3. The molecule has 1 aromatic carbocycles. The Morgan fingerprint density at radius 1 is 1.16 bits per heavy atom. The van der Waals surface area contributed by atoms with Gasteiger partial charge in [0.05, 0.1) is 6.54 Å². The third-order valence-electron chi connectivity index (χ3n) is 5.26. The van der Waals surface area contributed by atoms with Gasteiger partial charge < -0.3 is 15.1 Å². The van der Waals surface area contributed by atoms with E-state index in [-0.39, 0.29) is 11.9 Å². The molecule has 4 aromatic rings. The molecule has 0 atom stereocenters. The molecule has 0 aliphatic rings. The van der Waals surface area contributed by atoms with E-state index in [1.807, 2.05) is 50.2 Å². The molecule has 0 aliphatic carbocycles. The van der Waals surface area contributed by atoms with Crippen molar-refractivity contribution in [2.75, 3.05) is 12.8 Å². The molecule has 2 N–H and O–H groups in total. The fourth-order valence-electron chi connectivity index (χ4n) is 3.56. The minimum absolute atomic E-state index is 0.0152. The van der Waals surface area contributed by atoms with Gasteiger partial charge in [-0.15, -0.1) is 5.10 Å². The fraction of sp³-hybridized carbons (Fsp3) is 0.273. The molecule has 8 nitrogen and oxygen atoms in total. The van der Waals surface area contributed by atoms with E-state index in [0.29, 0.717) is 35.9 Å². The van der Waals surface area contributed by atoms with Crippen LogP contribution in [0.5, 0.6) is 0 Å². The molecule has 0 radical (unpaired) electrons. The van der Waals surface area contributed by atoms with Gasteiger partial charge in [-0.25, -0.2) is 4.98 Å². The van der Waals surface area contributed by atoms with Crippen molar-refractivity contribution in [3.8, 4) is 11.3 Å². The second kappa shape index (κ2) is 8.39. The second-order valence-corrected chi connectivity index (χ2v) is 7.90. The van der Waals surface area contributed by atoms with Gasteiger partial charge in [-0.3, -0.25) is 4.79 Å². The first-order valence-corrected chi connectivity index (χ1v) is 10.3. The average Bonchev–Trinajstić information content (AvgIpc) is 3.34. The number of nitrogens with two attached hydrogens (primary N) is 1. The highest BCUT2D eigenvalue weighted by molar-refractivity contribution is 6.30. The molecule has 0 saturated heterocycles. The fourth-order valence-corrected chi connectivity index (χ4v) is 3.69. The van der Waals surface area contributed by atoms with E-state index in [1.165, 1.54) is 0 Å².